The minimum atomic E-state index is -1.33. The van der Waals surface area contributed by atoms with Gasteiger partial charge in [0.1, 0.15) is 5.75 Å². The normalized spacial score (nSPS) is 10.9. The number of carbonyl (C=O) groups is 2. The van der Waals surface area contributed by atoms with E-state index < -0.39 is 11.6 Å². The third-order valence-corrected chi connectivity index (χ3v) is 3.40. The molecule has 0 bridgehead atoms. The number of hydrogen-bond acceptors (Lipinski definition) is 3. The van der Waals surface area contributed by atoms with E-state index in [1.54, 1.807) is 24.3 Å². The number of carboxylic acids is 1. The van der Waals surface area contributed by atoms with E-state index in [0.29, 0.717) is 11.3 Å². The molecule has 0 aliphatic rings. The third-order valence-electron chi connectivity index (χ3n) is 3.40. The lowest BCUT2D eigenvalue weighted by atomic mass is 10.1. The number of para-hydroxylation sites is 1. The van der Waals surface area contributed by atoms with Gasteiger partial charge in [-0.15, -0.1) is 0 Å². The highest BCUT2D eigenvalue weighted by Gasteiger charge is 2.29. The van der Waals surface area contributed by atoms with Crippen molar-refractivity contribution in [3.8, 4) is 5.75 Å². The fraction of sp³-hybridized carbons (Fsp3) is 0.222. The minimum Gasteiger partial charge on any atom is -0.478 e. The van der Waals surface area contributed by atoms with Crippen molar-refractivity contribution in [1.82, 2.24) is 0 Å². The van der Waals surface area contributed by atoms with Crippen LogP contribution in [0.1, 0.15) is 29.8 Å². The van der Waals surface area contributed by atoms with Crippen molar-refractivity contribution >= 4 is 17.6 Å². The number of benzene rings is 2. The quantitative estimate of drug-likeness (QED) is 0.886. The van der Waals surface area contributed by atoms with E-state index in [1.807, 2.05) is 31.2 Å². The van der Waals surface area contributed by atoms with Crippen LogP contribution in [0.2, 0.25) is 0 Å². The Morgan fingerprint density at radius 1 is 1.04 bits per heavy atom. The Labute approximate surface area is 134 Å². The van der Waals surface area contributed by atoms with Gasteiger partial charge in [0.05, 0.1) is 0 Å². The fourth-order valence-corrected chi connectivity index (χ4v) is 1.92. The molecule has 0 aliphatic heterocycles. The van der Waals surface area contributed by atoms with E-state index in [-0.39, 0.29) is 5.91 Å². The summed E-state index contributed by atoms with van der Waals surface area (Å²) < 4.78 is 5.40. The lowest BCUT2D eigenvalue weighted by Crippen LogP contribution is -2.37. The van der Waals surface area contributed by atoms with Crippen molar-refractivity contribution in [2.24, 2.45) is 0 Å². The van der Waals surface area contributed by atoms with Gasteiger partial charge in [-0.1, -0.05) is 18.2 Å². The molecule has 1 amide bonds. The maximum absolute atomic E-state index is 12.2. The molecule has 0 unspecified atom stereocenters. The molecule has 2 aromatic rings. The molecule has 0 atom stereocenters. The van der Waals surface area contributed by atoms with Gasteiger partial charge in [-0.2, -0.15) is 0 Å². The maximum Gasteiger partial charge on any atom is 0.347 e. The first-order chi connectivity index (χ1) is 10.8. The number of carboxylic acid groups (broad SMARTS) is 1. The molecule has 2 N–H and O–H groups in total. The average Bonchev–Trinajstić information content (AvgIpc) is 2.49. The number of amides is 1. The summed E-state index contributed by atoms with van der Waals surface area (Å²) in [6.45, 7) is 4.85. The number of carbonyl (C=O) groups excluding carboxylic acids is 1. The van der Waals surface area contributed by atoms with Crippen LogP contribution in [0.15, 0.2) is 48.5 Å². The Balaban J connectivity index is 2.09. The molecule has 0 heterocycles. The van der Waals surface area contributed by atoms with Gasteiger partial charge in [0, 0.05) is 11.3 Å². The van der Waals surface area contributed by atoms with Crippen molar-refractivity contribution in [3.63, 3.8) is 0 Å². The summed E-state index contributed by atoms with van der Waals surface area (Å²) in [7, 11) is 0. The van der Waals surface area contributed by atoms with Crippen LogP contribution in [0.3, 0.4) is 0 Å². The first-order valence-electron chi connectivity index (χ1n) is 7.19. The topological polar surface area (TPSA) is 75.6 Å². The highest BCUT2D eigenvalue weighted by Crippen LogP contribution is 2.20. The molecule has 5 heteroatoms. The Morgan fingerprint density at radius 2 is 1.65 bits per heavy atom. The van der Waals surface area contributed by atoms with Crippen molar-refractivity contribution in [1.29, 1.82) is 0 Å². The van der Waals surface area contributed by atoms with Crippen LogP contribution in [0.5, 0.6) is 5.75 Å². The summed E-state index contributed by atoms with van der Waals surface area (Å²) in [6.07, 6.45) is 0. The number of aryl methyl sites for hydroxylation is 1. The third kappa shape index (κ3) is 4.10. The van der Waals surface area contributed by atoms with Crippen LogP contribution in [0.4, 0.5) is 5.69 Å². The fourth-order valence-electron chi connectivity index (χ4n) is 1.92. The van der Waals surface area contributed by atoms with Gasteiger partial charge in [-0.3, -0.25) is 4.79 Å². The van der Waals surface area contributed by atoms with E-state index in [9.17, 15) is 9.59 Å². The molecule has 0 fully saturated rings. The van der Waals surface area contributed by atoms with Gasteiger partial charge in [-0.25, -0.2) is 4.79 Å². The molecule has 120 valence electrons. The first kappa shape index (κ1) is 16.5. The predicted octanol–water partition coefficient (Wildman–Crippen LogP) is 3.49. The van der Waals surface area contributed by atoms with Gasteiger partial charge in [0.2, 0.25) is 0 Å². The van der Waals surface area contributed by atoms with Gasteiger partial charge >= 0.3 is 5.97 Å². The molecular weight excluding hydrogens is 294 g/mol. The molecule has 5 nitrogen and oxygen atoms in total. The molecule has 0 saturated heterocycles. The number of aliphatic carboxylic acids is 1. The SMILES string of the molecule is Cc1ccccc1NC(=O)c1ccc(OC(C)(C)C(=O)O)cc1. The number of anilines is 1. The van der Waals surface area contributed by atoms with Gasteiger partial charge in [-0.05, 0) is 56.7 Å². The standard InChI is InChI=1S/C18H19NO4/c1-12-6-4-5-7-15(12)19-16(20)13-8-10-14(11-9-13)23-18(2,3)17(21)22/h4-11H,1-3H3,(H,19,20)(H,21,22). The van der Waals surface area contributed by atoms with Crippen molar-refractivity contribution in [3.05, 3.63) is 59.7 Å². The molecule has 2 aromatic carbocycles. The highest BCUT2D eigenvalue weighted by atomic mass is 16.5. The number of rotatable bonds is 5. The second-order valence-corrected chi connectivity index (χ2v) is 5.71. The number of ether oxygens (including phenoxy) is 1. The average molecular weight is 313 g/mol. The first-order valence-corrected chi connectivity index (χ1v) is 7.19. The van der Waals surface area contributed by atoms with E-state index >= 15 is 0 Å². The zero-order valence-corrected chi connectivity index (χ0v) is 13.3. The summed E-state index contributed by atoms with van der Waals surface area (Å²) in [4.78, 5) is 23.3. The van der Waals surface area contributed by atoms with Crippen LogP contribution in [0.25, 0.3) is 0 Å². The van der Waals surface area contributed by atoms with Gasteiger partial charge < -0.3 is 15.2 Å². The maximum atomic E-state index is 12.2. The van der Waals surface area contributed by atoms with Gasteiger partial charge in [0.15, 0.2) is 5.60 Å². The molecule has 23 heavy (non-hydrogen) atoms. The Hall–Kier alpha value is -2.82. The zero-order chi connectivity index (χ0) is 17.0. The zero-order valence-electron chi connectivity index (χ0n) is 13.3. The second kappa shape index (κ2) is 6.52. The van der Waals surface area contributed by atoms with E-state index in [2.05, 4.69) is 5.32 Å². The summed E-state index contributed by atoms with van der Waals surface area (Å²) >= 11 is 0. The summed E-state index contributed by atoms with van der Waals surface area (Å²) in [6, 6.07) is 13.9. The van der Waals surface area contributed by atoms with Crippen LogP contribution in [-0.2, 0) is 4.79 Å². The van der Waals surface area contributed by atoms with Crippen molar-refractivity contribution in [2.45, 2.75) is 26.4 Å². The summed E-state index contributed by atoms with van der Waals surface area (Å²) in [5, 5.41) is 11.9. The van der Waals surface area contributed by atoms with Crippen molar-refractivity contribution < 1.29 is 19.4 Å². The molecule has 0 saturated carbocycles. The van der Waals surface area contributed by atoms with Crippen LogP contribution >= 0.6 is 0 Å². The van der Waals surface area contributed by atoms with E-state index in [0.717, 1.165) is 11.3 Å². The molecule has 2 rings (SSSR count). The monoisotopic (exact) mass is 313 g/mol. The van der Waals surface area contributed by atoms with Crippen LogP contribution in [0, 0.1) is 6.92 Å². The number of hydrogen-bond donors (Lipinski definition) is 2. The molecule has 0 radical (unpaired) electrons. The Morgan fingerprint density at radius 3 is 2.22 bits per heavy atom. The Kier molecular flexibility index (Phi) is 4.69. The van der Waals surface area contributed by atoms with Crippen LogP contribution in [-0.4, -0.2) is 22.6 Å². The van der Waals surface area contributed by atoms with E-state index in [1.165, 1.54) is 13.8 Å². The highest BCUT2D eigenvalue weighted by molar-refractivity contribution is 6.04. The largest absolute Gasteiger partial charge is 0.478 e. The minimum absolute atomic E-state index is 0.233. The summed E-state index contributed by atoms with van der Waals surface area (Å²) in [5.41, 5.74) is 0.868. The van der Waals surface area contributed by atoms with Crippen LogP contribution < -0.4 is 10.1 Å². The number of nitrogens with one attached hydrogen (secondary N) is 1. The molecule has 0 aromatic heterocycles. The molecule has 0 aliphatic carbocycles. The second-order valence-electron chi connectivity index (χ2n) is 5.71. The summed E-state index contributed by atoms with van der Waals surface area (Å²) in [5.74, 6) is -0.896. The lowest BCUT2D eigenvalue weighted by molar-refractivity contribution is -0.152. The molecular formula is C18H19NO4. The van der Waals surface area contributed by atoms with E-state index in [4.69, 9.17) is 9.84 Å². The molecule has 0 spiro atoms. The predicted molar refractivity (Wildman–Crippen MR) is 87.9 cm³/mol. The Bertz CT molecular complexity index is 720. The van der Waals surface area contributed by atoms with Gasteiger partial charge in [0.25, 0.3) is 5.91 Å². The van der Waals surface area contributed by atoms with Crippen molar-refractivity contribution in [2.75, 3.05) is 5.32 Å². The lowest BCUT2D eigenvalue weighted by Gasteiger charge is -2.21. The smallest absolute Gasteiger partial charge is 0.347 e.